The maximum Gasteiger partial charge on any atom is 0.127 e. The Kier molecular flexibility index (Phi) is 4.11. The maximum atomic E-state index is 8.77. The van der Waals surface area contributed by atoms with E-state index in [9.17, 15) is 0 Å². The molecule has 0 bridgehead atoms. The molecule has 0 fully saturated rings. The van der Waals surface area contributed by atoms with E-state index in [1.54, 1.807) is 18.3 Å². The molecule has 2 heterocycles. The highest BCUT2D eigenvalue weighted by atomic mass is 15.0. The molecule has 1 aromatic heterocycles. The lowest BCUT2D eigenvalue weighted by molar-refractivity contribution is 0.683. The Morgan fingerprint density at radius 3 is 3.24 bits per heavy atom. The molecule has 0 aromatic carbocycles. The normalized spacial score (nSPS) is 14.9. The van der Waals surface area contributed by atoms with Crippen molar-refractivity contribution in [2.24, 2.45) is 0 Å². The number of nitrogens with one attached hydrogen (secondary N) is 2. The molecule has 0 radical (unpaired) electrons. The fourth-order valence-electron chi connectivity index (χ4n) is 1.84. The largest absolute Gasteiger partial charge is 0.370 e. The predicted molar refractivity (Wildman–Crippen MR) is 67.6 cm³/mol. The summed E-state index contributed by atoms with van der Waals surface area (Å²) in [6.07, 6.45) is 6.09. The number of nitrogens with zero attached hydrogens (tertiary/aromatic N) is 2. The number of anilines is 1. The second-order valence-electron chi connectivity index (χ2n) is 4.03. The van der Waals surface area contributed by atoms with Gasteiger partial charge in [0.2, 0.25) is 0 Å². The molecule has 1 aliphatic rings. The van der Waals surface area contributed by atoms with Gasteiger partial charge in [0.1, 0.15) is 5.82 Å². The van der Waals surface area contributed by atoms with Gasteiger partial charge in [-0.05, 0) is 31.5 Å². The SMILES string of the molecule is N#Cc1ccnc(NCCC2=CCNCC2)c1. The summed E-state index contributed by atoms with van der Waals surface area (Å²) in [4.78, 5) is 4.18. The molecular weight excluding hydrogens is 212 g/mol. The summed E-state index contributed by atoms with van der Waals surface area (Å²) in [7, 11) is 0. The lowest BCUT2D eigenvalue weighted by Gasteiger charge is -2.14. The summed E-state index contributed by atoms with van der Waals surface area (Å²) in [6, 6.07) is 5.59. The summed E-state index contributed by atoms with van der Waals surface area (Å²) in [5, 5.41) is 15.3. The minimum Gasteiger partial charge on any atom is -0.370 e. The van der Waals surface area contributed by atoms with E-state index in [1.165, 1.54) is 5.57 Å². The number of hydrogen-bond acceptors (Lipinski definition) is 4. The number of nitriles is 1. The average molecular weight is 228 g/mol. The number of aromatic nitrogens is 1. The summed E-state index contributed by atoms with van der Waals surface area (Å²) >= 11 is 0. The lowest BCUT2D eigenvalue weighted by atomic mass is 10.1. The Bertz CT molecular complexity index is 445. The van der Waals surface area contributed by atoms with E-state index in [2.05, 4.69) is 27.8 Å². The molecule has 0 saturated carbocycles. The van der Waals surface area contributed by atoms with Crippen LogP contribution in [0, 0.1) is 11.3 Å². The third-order valence-corrected chi connectivity index (χ3v) is 2.80. The van der Waals surface area contributed by atoms with E-state index in [1.807, 2.05) is 0 Å². The predicted octanol–water partition coefficient (Wildman–Crippen LogP) is 1.67. The fourth-order valence-corrected chi connectivity index (χ4v) is 1.84. The van der Waals surface area contributed by atoms with Crippen molar-refractivity contribution in [3.8, 4) is 6.07 Å². The lowest BCUT2D eigenvalue weighted by Crippen LogP contribution is -2.21. The molecule has 0 amide bonds. The fraction of sp³-hybridized carbons (Fsp3) is 0.385. The van der Waals surface area contributed by atoms with Crippen molar-refractivity contribution in [1.82, 2.24) is 10.3 Å². The monoisotopic (exact) mass is 228 g/mol. The van der Waals surface area contributed by atoms with Gasteiger partial charge in [-0.3, -0.25) is 0 Å². The van der Waals surface area contributed by atoms with Crippen LogP contribution in [0.3, 0.4) is 0 Å². The van der Waals surface area contributed by atoms with Crippen LogP contribution in [0.5, 0.6) is 0 Å². The van der Waals surface area contributed by atoms with E-state index in [0.29, 0.717) is 5.56 Å². The highest BCUT2D eigenvalue weighted by Gasteiger charge is 2.02. The molecule has 0 atom stereocenters. The molecule has 1 aromatic rings. The third-order valence-electron chi connectivity index (χ3n) is 2.80. The van der Waals surface area contributed by atoms with Crippen molar-refractivity contribution in [3.05, 3.63) is 35.5 Å². The average Bonchev–Trinajstić information content (AvgIpc) is 2.40. The molecule has 17 heavy (non-hydrogen) atoms. The highest BCUT2D eigenvalue weighted by molar-refractivity contribution is 5.42. The van der Waals surface area contributed by atoms with Crippen LogP contribution in [0.25, 0.3) is 0 Å². The van der Waals surface area contributed by atoms with Crippen molar-refractivity contribution in [1.29, 1.82) is 5.26 Å². The van der Waals surface area contributed by atoms with Crippen LogP contribution in [0.1, 0.15) is 18.4 Å². The minimum atomic E-state index is 0.642. The van der Waals surface area contributed by atoms with Crippen LogP contribution < -0.4 is 10.6 Å². The second kappa shape index (κ2) is 6.02. The first-order chi connectivity index (χ1) is 8.38. The number of pyridine rings is 1. The van der Waals surface area contributed by atoms with E-state index >= 15 is 0 Å². The summed E-state index contributed by atoms with van der Waals surface area (Å²) in [5.41, 5.74) is 2.14. The van der Waals surface area contributed by atoms with Gasteiger partial charge >= 0.3 is 0 Å². The van der Waals surface area contributed by atoms with Gasteiger partial charge in [0.25, 0.3) is 0 Å². The van der Waals surface area contributed by atoms with Gasteiger partial charge in [0.05, 0.1) is 11.6 Å². The first kappa shape index (κ1) is 11.6. The van der Waals surface area contributed by atoms with Crippen LogP contribution in [-0.4, -0.2) is 24.6 Å². The van der Waals surface area contributed by atoms with Crippen molar-refractivity contribution < 1.29 is 0 Å². The second-order valence-corrected chi connectivity index (χ2v) is 4.03. The maximum absolute atomic E-state index is 8.77. The quantitative estimate of drug-likeness (QED) is 0.770. The summed E-state index contributed by atoms with van der Waals surface area (Å²) in [6.45, 7) is 2.93. The van der Waals surface area contributed by atoms with Gasteiger partial charge in [-0.15, -0.1) is 0 Å². The Hall–Kier alpha value is -1.86. The van der Waals surface area contributed by atoms with Crippen LogP contribution >= 0.6 is 0 Å². The molecule has 4 heteroatoms. The smallest absolute Gasteiger partial charge is 0.127 e. The Morgan fingerprint density at radius 1 is 1.53 bits per heavy atom. The molecule has 0 saturated heterocycles. The topological polar surface area (TPSA) is 60.7 Å². The third kappa shape index (κ3) is 3.58. The Morgan fingerprint density at radius 2 is 2.47 bits per heavy atom. The van der Waals surface area contributed by atoms with E-state index in [-0.39, 0.29) is 0 Å². The van der Waals surface area contributed by atoms with Crippen LogP contribution in [-0.2, 0) is 0 Å². The molecule has 1 aliphatic heterocycles. The molecule has 0 aliphatic carbocycles. The van der Waals surface area contributed by atoms with Gasteiger partial charge in [0.15, 0.2) is 0 Å². The van der Waals surface area contributed by atoms with E-state index in [0.717, 1.165) is 38.3 Å². The number of hydrogen-bond donors (Lipinski definition) is 2. The van der Waals surface area contributed by atoms with Gasteiger partial charge in [0, 0.05) is 19.3 Å². The van der Waals surface area contributed by atoms with Crippen LogP contribution in [0.15, 0.2) is 30.0 Å². The highest BCUT2D eigenvalue weighted by Crippen LogP contribution is 2.10. The zero-order valence-corrected chi connectivity index (χ0v) is 9.74. The van der Waals surface area contributed by atoms with Gasteiger partial charge in [-0.25, -0.2) is 4.98 Å². The molecule has 0 spiro atoms. The van der Waals surface area contributed by atoms with Crippen molar-refractivity contribution in [3.63, 3.8) is 0 Å². The van der Waals surface area contributed by atoms with Crippen LogP contribution in [0.4, 0.5) is 5.82 Å². The van der Waals surface area contributed by atoms with Crippen molar-refractivity contribution in [2.45, 2.75) is 12.8 Å². The number of rotatable bonds is 4. The van der Waals surface area contributed by atoms with Gasteiger partial charge in [-0.1, -0.05) is 11.6 Å². The Balaban J connectivity index is 1.81. The zero-order chi connectivity index (χ0) is 11.9. The van der Waals surface area contributed by atoms with E-state index in [4.69, 9.17) is 5.26 Å². The van der Waals surface area contributed by atoms with E-state index < -0.39 is 0 Å². The Labute approximate surface area is 101 Å². The molecular formula is C13H16N4. The van der Waals surface area contributed by atoms with Crippen LogP contribution in [0.2, 0.25) is 0 Å². The molecule has 0 unspecified atom stereocenters. The standard InChI is InChI=1S/C13H16N4/c14-10-12-4-8-17-13(9-12)16-7-3-11-1-5-15-6-2-11/h1,4,8-9,15H,2-3,5-7H2,(H,16,17). The van der Waals surface area contributed by atoms with Crippen molar-refractivity contribution in [2.75, 3.05) is 25.0 Å². The molecule has 2 N–H and O–H groups in total. The molecule has 4 nitrogen and oxygen atoms in total. The van der Waals surface area contributed by atoms with Gasteiger partial charge < -0.3 is 10.6 Å². The van der Waals surface area contributed by atoms with Gasteiger partial charge in [-0.2, -0.15) is 5.26 Å². The first-order valence-electron chi connectivity index (χ1n) is 5.87. The zero-order valence-electron chi connectivity index (χ0n) is 9.74. The molecule has 88 valence electrons. The minimum absolute atomic E-state index is 0.642. The first-order valence-corrected chi connectivity index (χ1v) is 5.87. The summed E-state index contributed by atoms with van der Waals surface area (Å²) < 4.78 is 0. The van der Waals surface area contributed by atoms with Crippen molar-refractivity contribution >= 4 is 5.82 Å². The molecule has 2 rings (SSSR count). The summed E-state index contributed by atoms with van der Waals surface area (Å²) in [5.74, 6) is 0.776.